The van der Waals surface area contributed by atoms with Gasteiger partial charge in [0.05, 0.1) is 6.07 Å². The third kappa shape index (κ3) is 4.72. The number of benzene rings is 2. The van der Waals surface area contributed by atoms with Gasteiger partial charge in [0.2, 0.25) is 0 Å². The monoisotopic (exact) mass is 262 g/mol. The van der Waals surface area contributed by atoms with Crippen LogP contribution in [0.4, 0.5) is 0 Å². The molecule has 2 aromatic carbocycles. The van der Waals surface area contributed by atoms with Crippen molar-refractivity contribution < 1.29 is 0 Å². The van der Waals surface area contributed by atoms with E-state index in [2.05, 4.69) is 53.4 Å². The molecule has 0 radical (unpaired) electrons. The van der Waals surface area contributed by atoms with Crippen molar-refractivity contribution in [2.24, 2.45) is 0 Å². The Morgan fingerprint density at radius 2 is 1.35 bits per heavy atom. The van der Waals surface area contributed by atoms with Crippen LogP contribution in [-0.2, 0) is 13.1 Å². The highest BCUT2D eigenvalue weighted by atomic mass is 15.1. The lowest BCUT2D eigenvalue weighted by atomic mass is 10.1. The van der Waals surface area contributed by atoms with E-state index < -0.39 is 0 Å². The van der Waals surface area contributed by atoms with Crippen LogP contribution in [0.25, 0.3) is 0 Å². The van der Waals surface area contributed by atoms with Crippen LogP contribution in [0.2, 0.25) is 0 Å². The van der Waals surface area contributed by atoms with Crippen LogP contribution in [0, 0.1) is 11.3 Å². The Morgan fingerprint density at radius 1 is 0.850 bits per heavy atom. The summed E-state index contributed by atoms with van der Waals surface area (Å²) in [5.74, 6) is 0. The molecule has 0 bridgehead atoms. The molecule has 0 heterocycles. The van der Waals surface area contributed by atoms with Crippen molar-refractivity contribution in [1.82, 2.24) is 4.90 Å². The molecular formula is C18H18N2. The Bertz CT molecular complexity index is 526. The second-order valence-electron chi connectivity index (χ2n) is 4.67. The summed E-state index contributed by atoms with van der Waals surface area (Å²) in [5.41, 5.74) is 2.57. The average molecular weight is 262 g/mol. The molecule has 0 saturated heterocycles. The first kappa shape index (κ1) is 14.0. The molecule has 0 aliphatic heterocycles. The topological polar surface area (TPSA) is 27.0 Å². The number of allylic oxidation sites excluding steroid dienone is 1. The molecule has 2 aromatic rings. The van der Waals surface area contributed by atoms with E-state index in [1.807, 2.05) is 24.3 Å². The maximum absolute atomic E-state index is 8.60. The standard InChI is InChI=1S/C18H18N2/c19-13-7-8-14-20(15-17-9-3-1-4-10-17)16-18-11-5-2-6-12-18/h1-12H,14-16H2/b8-7+. The lowest BCUT2D eigenvalue weighted by Gasteiger charge is -2.21. The zero-order chi connectivity index (χ0) is 14.0. The Morgan fingerprint density at radius 3 is 1.80 bits per heavy atom. The van der Waals surface area contributed by atoms with Gasteiger partial charge >= 0.3 is 0 Å². The number of rotatable bonds is 6. The van der Waals surface area contributed by atoms with Crippen molar-refractivity contribution in [2.75, 3.05) is 6.54 Å². The summed E-state index contributed by atoms with van der Waals surface area (Å²) in [6, 6.07) is 22.9. The minimum Gasteiger partial charge on any atom is -0.291 e. The largest absolute Gasteiger partial charge is 0.291 e. The smallest absolute Gasteiger partial charge is 0.0909 e. The van der Waals surface area contributed by atoms with Gasteiger partial charge in [-0.3, -0.25) is 4.90 Å². The molecule has 100 valence electrons. The first-order valence-corrected chi connectivity index (χ1v) is 6.73. The van der Waals surface area contributed by atoms with E-state index in [4.69, 9.17) is 5.26 Å². The molecule has 0 amide bonds. The first-order chi connectivity index (χ1) is 9.88. The predicted molar refractivity (Wildman–Crippen MR) is 81.8 cm³/mol. The fourth-order valence-corrected chi connectivity index (χ4v) is 2.12. The van der Waals surface area contributed by atoms with E-state index in [0.29, 0.717) is 0 Å². The van der Waals surface area contributed by atoms with Crippen LogP contribution in [0.3, 0.4) is 0 Å². The van der Waals surface area contributed by atoms with Crippen molar-refractivity contribution in [2.45, 2.75) is 13.1 Å². The van der Waals surface area contributed by atoms with Gasteiger partial charge in [0.25, 0.3) is 0 Å². The molecule has 0 aliphatic carbocycles. The Hall–Kier alpha value is -2.37. The summed E-state index contributed by atoms with van der Waals surface area (Å²) in [4.78, 5) is 2.32. The van der Waals surface area contributed by atoms with Gasteiger partial charge < -0.3 is 0 Å². The van der Waals surface area contributed by atoms with Gasteiger partial charge in [-0.15, -0.1) is 0 Å². The molecule has 0 N–H and O–H groups in total. The molecule has 2 nitrogen and oxygen atoms in total. The molecule has 0 fully saturated rings. The van der Waals surface area contributed by atoms with Gasteiger partial charge in [0.15, 0.2) is 0 Å². The number of nitriles is 1. The molecule has 0 aliphatic rings. The summed E-state index contributed by atoms with van der Waals surface area (Å²) in [5, 5.41) is 8.60. The molecule has 20 heavy (non-hydrogen) atoms. The quantitative estimate of drug-likeness (QED) is 0.741. The second kappa shape index (κ2) is 7.93. The number of hydrogen-bond acceptors (Lipinski definition) is 2. The number of nitrogens with zero attached hydrogens (tertiary/aromatic N) is 2. The van der Waals surface area contributed by atoms with Crippen molar-refractivity contribution in [1.29, 1.82) is 5.26 Å². The van der Waals surface area contributed by atoms with Crippen LogP contribution in [0.15, 0.2) is 72.8 Å². The summed E-state index contributed by atoms with van der Waals surface area (Å²) < 4.78 is 0. The molecule has 2 heteroatoms. The van der Waals surface area contributed by atoms with E-state index in [9.17, 15) is 0 Å². The molecule has 2 rings (SSSR count). The Kier molecular flexibility index (Phi) is 5.57. The van der Waals surface area contributed by atoms with Gasteiger partial charge in [-0.1, -0.05) is 66.7 Å². The van der Waals surface area contributed by atoms with E-state index in [1.165, 1.54) is 11.1 Å². The van der Waals surface area contributed by atoms with Gasteiger partial charge in [-0.25, -0.2) is 0 Å². The van der Waals surface area contributed by atoms with Crippen LogP contribution in [-0.4, -0.2) is 11.4 Å². The van der Waals surface area contributed by atoms with Crippen molar-refractivity contribution in [3.05, 3.63) is 83.9 Å². The molecule has 0 atom stereocenters. The SMILES string of the molecule is N#C/C=C/CN(Cc1ccccc1)Cc1ccccc1. The molecule has 0 spiro atoms. The zero-order valence-electron chi connectivity index (χ0n) is 11.4. The van der Waals surface area contributed by atoms with Gasteiger partial charge in [-0.05, 0) is 11.1 Å². The highest BCUT2D eigenvalue weighted by Gasteiger charge is 2.05. The minimum atomic E-state index is 0.775. The van der Waals surface area contributed by atoms with E-state index in [0.717, 1.165) is 19.6 Å². The zero-order valence-corrected chi connectivity index (χ0v) is 11.4. The second-order valence-corrected chi connectivity index (χ2v) is 4.67. The highest BCUT2D eigenvalue weighted by Crippen LogP contribution is 2.09. The maximum atomic E-state index is 8.60. The van der Waals surface area contributed by atoms with Crippen molar-refractivity contribution in [3.63, 3.8) is 0 Å². The maximum Gasteiger partial charge on any atom is 0.0909 e. The molecular weight excluding hydrogens is 244 g/mol. The molecule has 0 aromatic heterocycles. The van der Waals surface area contributed by atoms with Crippen LogP contribution in [0.5, 0.6) is 0 Å². The normalized spacial score (nSPS) is 10.8. The summed E-state index contributed by atoms with van der Waals surface area (Å²) in [6.07, 6.45) is 3.45. The predicted octanol–water partition coefficient (Wildman–Crippen LogP) is 3.77. The summed E-state index contributed by atoms with van der Waals surface area (Å²) in [6.45, 7) is 2.54. The summed E-state index contributed by atoms with van der Waals surface area (Å²) >= 11 is 0. The van der Waals surface area contributed by atoms with Gasteiger partial charge in [-0.2, -0.15) is 5.26 Å². The minimum absolute atomic E-state index is 0.775. The summed E-state index contributed by atoms with van der Waals surface area (Å²) in [7, 11) is 0. The van der Waals surface area contributed by atoms with E-state index >= 15 is 0 Å². The van der Waals surface area contributed by atoms with Crippen LogP contribution in [0.1, 0.15) is 11.1 Å². The first-order valence-electron chi connectivity index (χ1n) is 6.73. The fourth-order valence-electron chi connectivity index (χ4n) is 2.12. The van der Waals surface area contributed by atoms with E-state index in [1.54, 1.807) is 6.08 Å². The third-order valence-corrected chi connectivity index (χ3v) is 3.05. The van der Waals surface area contributed by atoms with Crippen LogP contribution < -0.4 is 0 Å². The fraction of sp³-hybridized carbons (Fsp3) is 0.167. The highest BCUT2D eigenvalue weighted by molar-refractivity contribution is 5.17. The molecule has 0 unspecified atom stereocenters. The lowest BCUT2D eigenvalue weighted by molar-refractivity contribution is 0.286. The molecule has 0 saturated carbocycles. The van der Waals surface area contributed by atoms with E-state index in [-0.39, 0.29) is 0 Å². The lowest BCUT2D eigenvalue weighted by Crippen LogP contribution is -2.22. The van der Waals surface area contributed by atoms with Gasteiger partial charge in [0, 0.05) is 25.7 Å². The van der Waals surface area contributed by atoms with Crippen LogP contribution >= 0.6 is 0 Å². The van der Waals surface area contributed by atoms with Gasteiger partial charge in [0.1, 0.15) is 0 Å². The Balaban J connectivity index is 2.04. The third-order valence-electron chi connectivity index (χ3n) is 3.05. The Labute approximate surface area is 120 Å². The van der Waals surface area contributed by atoms with Crippen molar-refractivity contribution in [3.8, 4) is 6.07 Å². The average Bonchev–Trinajstić information content (AvgIpc) is 2.49. The van der Waals surface area contributed by atoms with Crippen molar-refractivity contribution >= 4 is 0 Å². The number of hydrogen-bond donors (Lipinski definition) is 0.